The summed E-state index contributed by atoms with van der Waals surface area (Å²) < 4.78 is 47.2. The van der Waals surface area contributed by atoms with Gasteiger partial charge < -0.3 is 14.7 Å². The van der Waals surface area contributed by atoms with Crippen LogP contribution in [0.15, 0.2) is 22.9 Å². The SMILES string of the molecule is CC(C)[C@@H]1C[C@H](C(F)(F)F)n2nc(C3CCN(C(=O)CCc4ccno4)CC3)cc2N1. The predicted octanol–water partition coefficient (Wildman–Crippen LogP) is 4.15. The summed E-state index contributed by atoms with van der Waals surface area (Å²) in [5.41, 5.74) is 0.676. The van der Waals surface area contributed by atoms with Gasteiger partial charge in [-0.05, 0) is 25.2 Å². The number of carbonyl (C=O) groups is 1. The molecule has 1 saturated heterocycles. The maximum Gasteiger partial charge on any atom is 0.410 e. The fraction of sp³-hybridized carbons (Fsp3) is 0.667. The fourth-order valence-electron chi connectivity index (χ4n) is 4.44. The van der Waals surface area contributed by atoms with E-state index in [9.17, 15) is 18.0 Å². The van der Waals surface area contributed by atoms with E-state index in [1.54, 1.807) is 18.3 Å². The molecular formula is C21H28F3N5O2. The highest BCUT2D eigenvalue weighted by molar-refractivity contribution is 5.76. The van der Waals surface area contributed by atoms with Gasteiger partial charge in [0, 0.05) is 50.0 Å². The molecule has 0 aliphatic carbocycles. The number of nitrogens with zero attached hydrogens (tertiary/aromatic N) is 4. The molecule has 0 saturated carbocycles. The third kappa shape index (κ3) is 4.72. The first-order valence-electron chi connectivity index (χ1n) is 10.8. The van der Waals surface area contributed by atoms with Crippen LogP contribution in [0.1, 0.15) is 62.9 Å². The maximum atomic E-state index is 13.7. The zero-order chi connectivity index (χ0) is 22.2. The molecule has 1 N–H and O–H groups in total. The van der Waals surface area contributed by atoms with E-state index in [0.717, 1.165) is 4.68 Å². The van der Waals surface area contributed by atoms with Crippen molar-refractivity contribution in [2.45, 2.75) is 70.1 Å². The number of hydrogen-bond donors (Lipinski definition) is 1. The molecule has 0 aromatic carbocycles. The second-order valence-corrected chi connectivity index (χ2v) is 8.82. The molecule has 7 nitrogen and oxygen atoms in total. The number of fused-ring (bicyclic) bond motifs is 1. The van der Waals surface area contributed by atoms with Gasteiger partial charge >= 0.3 is 6.18 Å². The molecule has 4 heterocycles. The number of aryl methyl sites for hydroxylation is 1. The second-order valence-electron chi connectivity index (χ2n) is 8.82. The zero-order valence-corrected chi connectivity index (χ0v) is 17.7. The maximum absolute atomic E-state index is 13.7. The summed E-state index contributed by atoms with van der Waals surface area (Å²) in [5.74, 6) is 1.30. The number of halogens is 3. The van der Waals surface area contributed by atoms with Crippen molar-refractivity contribution in [2.24, 2.45) is 5.92 Å². The minimum Gasteiger partial charge on any atom is -0.367 e. The molecule has 0 unspecified atom stereocenters. The van der Waals surface area contributed by atoms with Crippen LogP contribution in [0.3, 0.4) is 0 Å². The summed E-state index contributed by atoms with van der Waals surface area (Å²) in [6, 6.07) is 1.65. The van der Waals surface area contributed by atoms with E-state index in [0.29, 0.717) is 56.0 Å². The van der Waals surface area contributed by atoms with E-state index < -0.39 is 12.2 Å². The molecule has 2 aromatic rings. The molecule has 2 atom stereocenters. The van der Waals surface area contributed by atoms with Crippen LogP contribution in [0.2, 0.25) is 0 Å². The van der Waals surface area contributed by atoms with Crippen LogP contribution in [0, 0.1) is 5.92 Å². The Bertz CT molecular complexity index is 885. The number of hydrogen-bond acceptors (Lipinski definition) is 5. The van der Waals surface area contributed by atoms with Crippen molar-refractivity contribution < 1.29 is 22.5 Å². The first-order valence-corrected chi connectivity index (χ1v) is 10.8. The van der Waals surface area contributed by atoms with E-state index >= 15 is 0 Å². The zero-order valence-electron chi connectivity index (χ0n) is 17.7. The van der Waals surface area contributed by atoms with Gasteiger partial charge in [-0.2, -0.15) is 18.3 Å². The molecule has 0 bridgehead atoms. The molecule has 2 aliphatic rings. The average molecular weight is 439 g/mol. The highest BCUT2D eigenvalue weighted by Crippen LogP contribution is 2.42. The molecule has 2 aliphatic heterocycles. The number of amides is 1. The Hall–Kier alpha value is -2.52. The number of rotatable bonds is 5. The Balaban J connectivity index is 1.40. The highest BCUT2D eigenvalue weighted by Gasteiger charge is 2.47. The topological polar surface area (TPSA) is 76.2 Å². The quantitative estimate of drug-likeness (QED) is 0.757. The Morgan fingerprint density at radius 3 is 2.68 bits per heavy atom. The molecule has 10 heteroatoms. The van der Waals surface area contributed by atoms with Crippen LogP contribution in [0.25, 0.3) is 0 Å². The molecule has 31 heavy (non-hydrogen) atoms. The lowest BCUT2D eigenvalue weighted by Crippen LogP contribution is -2.41. The number of nitrogens with one attached hydrogen (secondary N) is 1. The second kappa shape index (κ2) is 8.55. The van der Waals surface area contributed by atoms with Gasteiger partial charge in [-0.25, -0.2) is 4.68 Å². The summed E-state index contributed by atoms with van der Waals surface area (Å²) in [7, 11) is 0. The first-order chi connectivity index (χ1) is 14.7. The summed E-state index contributed by atoms with van der Waals surface area (Å²) in [6.45, 7) is 5.00. The summed E-state index contributed by atoms with van der Waals surface area (Å²) in [5, 5.41) is 11.2. The van der Waals surface area contributed by atoms with Crippen molar-refractivity contribution in [2.75, 3.05) is 18.4 Å². The van der Waals surface area contributed by atoms with Crippen molar-refractivity contribution >= 4 is 11.7 Å². The molecule has 0 spiro atoms. The minimum absolute atomic E-state index is 0.0204. The van der Waals surface area contributed by atoms with Gasteiger partial charge in [-0.3, -0.25) is 4.79 Å². The third-order valence-corrected chi connectivity index (χ3v) is 6.39. The smallest absolute Gasteiger partial charge is 0.367 e. The molecule has 2 aromatic heterocycles. The molecule has 1 fully saturated rings. The number of likely N-dealkylation sites (tertiary alicyclic amines) is 1. The van der Waals surface area contributed by atoms with Gasteiger partial charge in [-0.1, -0.05) is 19.0 Å². The number of anilines is 1. The summed E-state index contributed by atoms with van der Waals surface area (Å²) >= 11 is 0. The Kier molecular flexibility index (Phi) is 5.98. The van der Waals surface area contributed by atoms with Gasteiger partial charge in [0.05, 0.1) is 11.9 Å². The number of piperidine rings is 1. The normalized spacial score (nSPS) is 22.5. The van der Waals surface area contributed by atoms with Gasteiger partial charge in [0.25, 0.3) is 0 Å². The van der Waals surface area contributed by atoms with E-state index in [1.807, 2.05) is 18.7 Å². The van der Waals surface area contributed by atoms with Gasteiger partial charge in [0.2, 0.25) is 5.91 Å². The summed E-state index contributed by atoms with van der Waals surface area (Å²) in [6.07, 6.45) is -0.568. The molecular weight excluding hydrogens is 411 g/mol. The van der Waals surface area contributed by atoms with Crippen molar-refractivity contribution in [3.05, 3.63) is 29.8 Å². The third-order valence-electron chi connectivity index (χ3n) is 6.39. The molecule has 1 amide bonds. The monoisotopic (exact) mass is 439 g/mol. The van der Waals surface area contributed by atoms with Crippen molar-refractivity contribution in [3.8, 4) is 0 Å². The van der Waals surface area contributed by atoms with E-state index in [4.69, 9.17) is 4.52 Å². The standard InChI is InChI=1S/C21H28F3N5O2/c1-13(2)16-11-18(21(22,23)24)29-19(26-16)12-17(27-29)14-6-9-28(10-7-14)20(30)4-3-15-5-8-25-31-15/h5,8,12-14,16,18,26H,3-4,6-7,9-11H2,1-2H3/t16-,18+/m0/s1. The van der Waals surface area contributed by atoms with Crippen LogP contribution in [-0.2, 0) is 11.2 Å². The predicted molar refractivity (Wildman–Crippen MR) is 108 cm³/mol. The van der Waals surface area contributed by atoms with Crippen LogP contribution in [0.5, 0.6) is 0 Å². The van der Waals surface area contributed by atoms with Gasteiger partial charge in [0.1, 0.15) is 11.6 Å². The summed E-state index contributed by atoms with van der Waals surface area (Å²) in [4.78, 5) is 14.3. The highest BCUT2D eigenvalue weighted by atomic mass is 19.4. The van der Waals surface area contributed by atoms with Gasteiger partial charge in [0.15, 0.2) is 6.04 Å². The first kappa shape index (κ1) is 21.7. The van der Waals surface area contributed by atoms with Crippen LogP contribution < -0.4 is 5.32 Å². The van der Waals surface area contributed by atoms with Crippen molar-refractivity contribution in [3.63, 3.8) is 0 Å². The number of alkyl halides is 3. The minimum atomic E-state index is -4.34. The van der Waals surface area contributed by atoms with Crippen LogP contribution >= 0.6 is 0 Å². The lowest BCUT2D eigenvalue weighted by atomic mass is 9.93. The number of aromatic nitrogens is 3. The van der Waals surface area contributed by atoms with Crippen LogP contribution in [-0.4, -0.2) is 51.1 Å². The largest absolute Gasteiger partial charge is 0.410 e. The Morgan fingerprint density at radius 2 is 2.06 bits per heavy atom. The Morgan fingerprint density at radius 1 is 1.32 bits per heavy atom. The molecule has 170 valence electrons. The van der Waals surface area contributed by atoms with E-state index in [2.05, 4.69) is 15.6 Å². The van der Waals surface area contributed by atoms with E-state index in [-0.39, 0.29) is 30.2 Å². The average Bonchev–Trinajstić information content (AvgIpc) is 3.40. The number of carbonyl (C=O) groups excluding carboxylic acids is 1. The van der Waals surface area contributed by atoms with Gasteiger partial charge in [-0.15, -0.1) is 0 Å². The fourth-order valence-corrected chi connectivity index (χ4v) is 4.44. The van der Waals surface area contributed by atoms with E-state index in [1.165, 1.54) is 0 Å². The lowest BCUT2D eigenvalue weighted by molar-refractivity contribution is -0.174. The van der Waals surface area contributed by atoms with Crippen molar-refractivity contribution in [1.29, 1.82) is 0 Å². The van der Waals surface area contributed by atoms with Crippen LogP contribution in [0.4, 0.5) is 19.0 Å². The Labute approximate surface area is 178 Å². The lowest BCUT2D eigenvalue weighted by Gasteiger charge is -2.35. The van der Waals surface area contributed by atoms with Crippen molar-refractivity contribution in [1.82, 2.24) is 19.8 Å². The molecule has 0 radical (unpaired) electrons. The molecule has 4 rings (SSSR count).